The molecule has 0 amide bonds. The van der Waals surface area contributed by atoms with Crippen molar-refractivity contribution < 1.29 is 4.39 Å². The highest BCUT2D eigenvalue weighted by atomic mass is 19.1. The van der Waals surface area contributed by atoms with Gasteiger partial charge in [-0.15, -0.1) is 0 Å². The van der Waals surface area contributed by atoms with Crippen LogP contribution in [0.1, 0.15) is 29.5 Å². The molecule has 0 fully saturated rings. The number of hydrogen-bond donors (Lipinski definition) is 1. The van der Waals surface area contributed by atoms with Gasteiger partial charge in [-0.05, 0) is 36.8 Å². The molecule has 0 radical (unpaired) electrons. The van der Waals surface area contributed by atoms with Crippen molar-refractivity contribution in [3.8, 4) is 0 Å². The molecule has 13 heavy (non-hydrogen) atoms. The van der Waals surface area contributed by atoms with E-state index in [0.29, 0.717) is 12.1 Å². The van der Waals surface area contributed by atoms with Crippen molar-refractivity contribution in [1.82, 2.24) is 0 Å². The Labute approximate surface area is 77.8 Å². The van der Waals surface area contributed by atoms with E-state index in [1.54, 1.807) is 0 Å². The summed E-state index contributed by atoms with van der Waals surface area (Å²) in [4.78, 5) is 0. The van der Waals surface area contributed by atoms with Crippen LogP contribution < -0.4 is 5.73 Å². The Bertz CT molecular complexity index is 320. The molecule has 1 nitrogen and oxygen atoms in total. The molecule has 0 spiro atoms. The van der Waals surface area contributed by atoms with Gasteiger partial charge in [-0.25, -0.2) is 4.39 Å². The summed E-state index contributed by atoms with van der Waals surface area (Å²) in [5.74, 6) is -0.0558. The fourth-order valence-corrected chi connectivity index (χ4v) is 1.99. The predicted octanol–water partition coefficient (Wildman–Crippen LogP) is 2.16. The van der Waals surface area contributed by atoms with Crippen molar-refractivity contribution in [3.63, 3.8) is 0 Å². The number of aryl methyl sites for hydroxylation is 1. The minimum Gasteiger partial charge on any atom is -0.326 e. The lowest BCUT2D eigenvalue weighted by Crippen LogP contribution is -2.09. The van der Waals surface area contributed by atoms with E-state index in [1.165, 1.54) is 12.0 Å². The number of halogens is 1. The quantitative estimate of drug-likeness (QED) is 0.702. The van der Waals surface area contributed by atoms with Crippen molar-refractivity contribution in [2.45, 2.75) is 32.2 Å². The maximum absolute atomic E-state index is 13.7. The van der Waals surface area contributed by atoms with Crippen LogP contribution in [0.15, 0.2) is 12.1 Å². The molecule has 0 bridgehead atoms. The maximum atomic E-state index is 13.7. The first-order chi connectivity index (χ1) is 6.33. The van der Waals surface area contributed by atoms with Gasteiger partial charge in [0.2, 0.25) is 0 Å². The number of hydrogen-bond acceptors (Lipinski definition) is 1. The molecule has 1 aliphatic rings. The smallest absolute Gasteiger partial charge is 0.131 e. The maximum Gasteiger partial charge on any atom is 0.131 e. The summed E-state index contributed by atoms with van der Waals surface area (Å²) in [5.41, 5.74) is 8.19. The zero-order chi connectivity index (χ0) is 9.26. The minimum atomic E-state index is -0.0558. The van der Waals surface area contributed by atoms with E-state index in [2.05, 4.69) is 0 Å². The number of nitrogens with two attached hydrogens (primary N) is 1. The Kier molecular flexibility index (Phi) is 2.32. The lowest BCUT2D eigenvalue weighted by atomic mass is 9.90. The lowest BCUT2D eigenvalue weighted by molar-refractivity contribution is 0.566. The average Bonchev–Trinajstić information content (AvgIpc) is 2.19. The summed E-state index contributed by atoms with van der Waals surface area (Å²) in [7, 11) is 0. The zero-order valence-electron chi connectivity index (χ0n) is 7.65. The minimum absolute atomic E-state index is 0.0558. The van der Waals surface area contributed by atoms with Crippen LogP contribution in [0.3, 0.4) is 0 Å². The molecular weight excluding hydrogens is 165 g/mol. The Hall–Kier alpha value is -0.890. The molecule has 0 unspecified atom stereocenters. The van der Waals surface area contributed by atoms with Crippen LogP contribution in [0.2, 0.25) is 0 Å². The molecule has 0 atom stereocenters. The van der Waals surface area contributed by atoms with Gasteiger partial charge in [0.1, 0.15) is 5.82 Å². The molecule has 2 heteroatoms. The predicted molar refractivity (Wildman–Crippen MR) is 50.9 cm³/mol. The number of fused-ring (bicyclic) bond motifs is 1. The molecule has 70 valence electrons. The van der Waals surface area contributed by atoms with Gasteiger partial charge in [-0.2, -0.15) is 0 Å². The topological polar surface area (TPSA) is 26.0 Å². The Morgan fingerprint density at radius 3 is 2.77 bits per heavy atom. The highest BCUT2D eigenvalue weighted by Gasteiger charge is 2.15. The third-order valence-corrected chi connectivity index (χ3v) is 2.76. The van der Waals surface area contributed by atoms with Crippen molar-refractivity contribution in [2.24, 2.45) is 5.73 Å². The van der Waals surface area contributed by atoms with E-state index in [1.807, 2.05) is 12.1 Å². The standard InChI is InChI=1S/C11H14FN/c12-11-9(7-13)6-5-8-3-1-2-4-10(8)11/h5-6H,1-4,7,13H2. The van der Waals surface area contributed by atoms with Gasteiger partial charge in [0.15, 0.2) is 0 Å². The molecule has 0 aliphatic heterocycles. The van der Waals surface area contributed by atoms with Gasteiger partial charge < -0.3 is 5.73 Å². The van der Waals surface area contributed by atoms with E-state index < -0.39 is 0 Å². The van der Waals surface area contributed by atoms with E-state index in [9.17, 15) is 4.39 Å². The second-order valence-corrected chi connectivity index (χ2v) is 3.59. The van der Waals surface area contributed by atoms with Crippen LogP contribution in [-0.2, 0) is 19.4 Å². The summed E-state index contributed by atoms with van der Waals surface area (Å²) >= 11 is 0. The van der Waals surface area contributed by atoms with Gasteiger partial charge in [-0.3, -0.25) is 0 Å². The summed E-state index contributed by atoms with van der Waals surface area (Å²) in [6, 6.07) is 3.85. The normalized spacial score (nSPS) is 15.5. The van der Waals surface area contributed by atoms with Crippen LogP contribution in [-0.4, -0.2) is 0 Å². The monoisotopic (exact) mass is 179 g/mol. The number of benzene rings is 1. The Balaban J connectivity index is 2.48. The van der Waals surface area contributed by atoms with Gasteiger partial charge in [-0.1, -0.05) is 12.1 Å². The Morgan fingerprint density at radius 2 is 2.00 bits per heavy atom. The molecule has 1 aliphatic carbocycles. The molecule has 1 aromatic rings. The van der Waals surface area contributed by atoms with Crippen molar-refractivity contribution in [3.05, 3.63) is 34.6 Å². The van der Waals surface area contributed by atoms with Crippen LogP contribution in [0.4, 0.5) is 4.39 Å². The summed E-state index contributed by atoms with van der Waals surface area (Å²) in [5, 5.41) is 0. The molecule has 2 N–H and O–H groups in total. The van der Waals surface area contributed by atoms with Crippen LogP contribution in [0, 0.1) is 5.82 Å². The average molecular weight is 179 g/mol. The van der Waals surface area contributed by atoms with Crippen LogP contribution >= 0.6 is 0 Å². The molecule has 0 saturated carbocycles. The highest BCUT2D eigenvalue weighted by Crippen LogP contribution is 2.25. The summed E-state index contributed by atoms with van der Waals surface area (Å²) in [6.45, 7) is 0.305. The molecule has 0 heterocycles. The second-order valence-electron chi connectivity index (χ2n) is 3.59. The van der Waals surface area contributed by atoms with E-state index >= 15 is 0 Å². The zero-order valence-corrected chi connectivity index (χ0v) is 7.65. The van der Waals surface area contributed by atoms with E-state index in [-0.39, 0.29) is 5.82 Å². The SMILES string of the molecule is NCc1ccc2c(c1F)CCCC2. The Morgan fingerprint density at radius 1 is 1.23 bits per heavy atom. The number of rotatable bonds is 1. The first-order valence-electron chi connectivity index (χ1n) is 4.82. The largest absolute Gasteiger partial charge is 0.326 e. The third kappa shape index (κ3) is 1.46. The fourth-order valence-electron chi connectivity index (χ4n) is 1.99. The fraction of sp³-hybridized carbons (Fsp3) is 0.455. The van der Waals surface area contributed by atoms with Gasteiger partial charge >= 0.3 is 0 Å². The van der Waals surface area contributed by atoms with Gasteiger partial charge in [0, 0.05) is 12.1 Å². The molecular formula is C11H14FN. The summed E-state index contributed by atoms with van der Waals surface area (Å²) < 4.78 is 13.7. The van der Waals surface area contributed by atoms with E-state index in [0.717, 1.165) is 24.8 Å². The van der Waals surface area contributed by atoms with Gasteiger partial charge in [0.05, 0.1) is 0 Å². The highest BCUT2D eigenvalue weighted by molar-refractivity contribution is 5.35. The van der Waals surface area contributed by atoms with Crippen molar-refractivity contribution in [1.29, 1.82) is 0 Å². The third-order valence-electron chi connectivity index (χ3n) is 2.76. The molecule has 0 saturated heterocycles. The first-order valence-corrected chi connectivity index (χ1v) is 4.82. The van der Waals surface area contributed by atoms with Crippen LogP contribution in [0.25, 0.3) is 0 Å². The lowest BCUT2D eigenvalue weighted by Gasteiger charge is -2.17. The molecule has 1 aromatic carbocycles. The molecule has 2 rings (SSSR count). The molecule has 0 aromatic heterocycles. The van der Waals surface area contributed by atoms with Crippen molar-refractivity contribution >= 4 is 0 Å². The van der Waals surface area contributed by atoms with Crippen LogP contribution in [0.5, 0.6) is 0 Å². The summed E-state index contributed by atoms with van der Waals surface area (Å²) in [6.07, 6.45) is 4.21. The second kappa shape index (κ2) is 3.46. The van der Waals surface area contributed by atoms with E-state index in [4.69, 9.17) is 5.73 Å². The van der Waals surface area contributed by atoms with Gasteiger partial charge in [0.25, 0.3) is 0 Å². The first kappa shape index (κ1) is 8.70. The van der Waals surface area contributed by atoms with Crippen molar-refractivity contribution in [2.75, 3.05) is 0 Å².